The van der Waals surface area contributed by atoms with Gasteiger partial charge in [0, 0.05) is 0 Å². The summed E-state index contributed by atoms with van der Waals surface area (Å²) in [7, 11) is -0.603. The molecule has 1 aromatic rings. The number of aliphatic hydroxyl groups is 1. The maximum Gasteiger partial charge on any atom is 0.348 e. The van der Waals surface area contributed by atoms with E-state index in [1.807, 2.05) is 25.1 Å². The lowest BCUT2D eigenvalue weighted by Crippen LogP contribution is -2.27. The minimum absolute atomic E-state index is 0.116. The Balaban J connectivity index is 2.53. The number of aliphatic hydroxyl groups excluding tert-OH is 1. The molecule has 12 heavy (non-hydrogen) atoms. The van der Waals surface area contributed by atoms with Crippen LogP contribution in [0.25, 0.3) is 0 Å². The van der Waals surface area contributed by atoms with Gasteiger partial charge in [0.05, 0.1) is 12.6 Å². The van der Waals surface area contributed by atoms with Crippen LogP contribution in [0.15, 0.2) is 30.3 Å². The van der Waals surface area contributed by atoms with E-state index in [9.17, 15) is 5.11 Å². The Morgan fingerprint density at radius 3 is 2.42 bits per heavy atom. The third-order valence-electron chi connectivity index (χ3n) is 2.04. The molecule has 0 amide bonds. The third-order valence-corrected chi connectivity index (χ3v) is 4.43. The summed E-state index contributed by atoms with van der Waals surface area (Å²) in [5.41, 5.74) is 1.23. The van der Waals surface area contributed by atoms with E-state index in [0.29, 0.717) is 0 Å². The van der Waals surface area contributed by atoms with E-state index < -0.39 is 8.80 Å². The SMILES string of the molecule is CC(O)[Si+](C)Cc1ccccc1. The van der Waals surface area contributed by atoms with Crippen molar-refractivity contribution in [2.45, 2.75) is 25.2 Å². The first-order chi connectivity index (χ1) is 5.70. The van der Waals surface area contributed by atoms with Crippen molar-refractivity contribution < 1.29 is 5.11 Å². The molecule has 0 bridgehead atoms. The molecule has 0 heterocycles. The van der Waals surface area contributed by atoms with E-state index in [1.165, 1.54) is 5.56 Å². The summed E-state index contributed by atoms with van der Waals surface area (Å²) in [5, 5.41) is 9.33. The fraction of sp³-hybridized carbons (Fsp3) is 0.400. The second-order valence-electron chi connectivity index (χ2n) is 3.18. The van der Waals surface area contributed by atoms with Crippen molar-refractivity contribution in [3.63, 3.8) is 0 Å². The van der Waals surface area contributed by atoms with Gasteiger partial charge in [-0.05, 0) is 12.5 Å². The van der Waals surface area contributed by atoms with Gasteiger partial charge in [0.1, 0.15) is 0 Å². The van der Waals surface area contributed by atoms with Crippen molar-refractivity contribution >= 4 is 8.80 Å². The Labute approximate surface area is 75.7 Å². The molecule has 1 aromatic carbocycles. The van der Waals surface area contributed by atoms with Gasteiger partial charge in [0.2, 0.25) is 0 Å². The molecule has 0 saturated heterocycles. The molecule has 0 aliphatic heterocycles. The number of benzene rings is 1. The van der Waals surface area contributed by atoms with E-state index in [-0.39, 0.29) is 5.73 Å². The van der Waals surface area contributed by atoms with E-state index in [0.717, 1.165) is 6.04 Å². The summed E-state index contributed by atoms with van der Waals surface area (Å²) < 4.78 is 0. The zero-order valence-corrected chi connectivity index (χ0v) is 8.62. The van der Waals surface area contributed by atoms with E-state index >= 15 is 0 Å². The van der Waals surface area contributed by atoms with Crippen LogP contribution in [-0.4, -0.2) is 19.6 Å². The van der Waals surface area contributed by atoms with Crippen molar-refractivity contribution in [1.29, 1.82) is 0 Å². The summed E-state index contributed by atoms with van der Waals surface area (Å²) in [5.74, 6) is 0. The molecule has 1 atom stereocenters. The van der Waals surface area contributed by atoms with Crippen LogP contribution in [0.4, 0.5) is 0 Å². The van der Waals surface area contributed by atoms with E-state index in [1.54, 1.807) is 0 Å². The quantitative estimate of drug-likeness (QED) is 0.702. The van der Waals surface area contributed by atoms with Crippen LogP contribution in [0.2, 0.25) is 6.55 Å². The molecule has 64 valence electrons. The summed E-state index contributed by atoms with van der Waals surface area (Å²) >= 11 is 0. The minimum Gasteiger partial charge on any atom is -0.365 e. The Bertz CT molecular complexity index is 221. The largest absolute Gasteiger partial charge is 0.365 e. The molecule has 2 heteroatoms. The lowest BCUT2D eigenvalue weighted by molar-refractivity contribution is 0.268. The first-order valence-electron chi connectivity index (χ1n) is 4.24. The Morgan fingerprint density at radius 1 is 1.33 bits per heavy atom. The lowest BCUT2D eigenvalue weighted by atomic mass is 10.2. The monoisotopic (exact) mass is 179 g/mol. The molecule has 0 aromatic heterocycles. The maximum atomic E-state index is 9.33. The second-order valence-corrected chi connectivity index (χ2v) is 6.07. The molecule has 0 fully saturated rings. The molecular weight excluding hydrogens is 164 g/mol. The van der Waals surface area contributed by atoms with Crippen LogP contribution < -0.4 is 0 Å². The van der Waals surface area contributed by atoms with Crippen molar-refractivity contribution in [3.05, 3.63) is 35.9 Å². The standard InChI is InChI=1S/C10H15OSi/c1-9(11)12(2)8-10-6-4-3-5-7-10/h3-7,9,11H,8H2,1-2H3/q+1. The van der Waals surface area contributed by atoms with Gasteiger partial charge < -0.3 is 5.11 Å². The molecule has 0 radical (unpaired) electrons. The maximum absolute atomic E-state index is 9.33. The normalized spacial score (nSPS) is 12.6. The fourth-order valence-corrected chi connectivity index (χ4v) is 2.24. The van der Waals surface area contributed by atoms with Crippen molar-refractivity contribution in [2.75, 3.05) is 0 Å². The van der Waals surface area contributed by atoms with Crippen LogP contribution in [0.1, 0.15) is 12.5 Å². The minimum atomic E-state index is -0.603. The van der Waals surface area contributed by atoms with Gasteiger partial charge >= 0.3 is 8.80 Å². The summed E-state index contributed by atoms with van der Waals surface area (Å²) in [6.45, 7) is 4.06. The highest BCUT2D eigenvalue weighted by molar-refractivity contribution is 6.57. The van der Waals surface area contributed by atoms with Gasteiger partial charge in [0.25, 0.3) is 0 Å². The summed E-state index contributed by atoms with van der Waals surface area (Å²) in [4.78, 5) is 0. The average Bonchev–Trinajstić information content (AvgIpc) is 2.06. The lowest BCUT2D eigenvalue weighted by Gasteiger charge is -1.99. The van der Waals surface area contributed by atoms with E-state index in [4.69, 9.17) is 0 Å². The molecule has 0 saturated carbocycles. The molecule has 0 aliphatic carbocycles. The average molecular weight is 179 g/mol. The fourth-order valence-electron chi connectivity index (χ4n) is 1.07. The predicted octanol–water partition coefficient (Wildman–Crippen LogP) is 1.81. The van der Waals surface area contributed by atoms with Crippen molar-refractivity contribution in [1.82, 2.24) is 0 Å². The molecule has 1 unspecified atom stereocenters. The topological polar surface area (TPSA) is 20.2 Å². The highest BCUT2D eigenvalue weighted by Crippen LogP contribution is 2.04. The van der Waals surface area contributed by atoms with Gasteiger partial charge in [-0.1, -0.05) is 30.3 Å². The molecule has 1 N–H and O–H groups in total. The highest BCUT2D eigenvalue weighted by atomic mass is 28.3. The van der Waals surface area contributed by atoms with Crippen LogP contribution >= 0.6 is 0 Å². The molecule has 0 aliphatic rings. The van der Waals surface area contributed by atoms with Gasteiger partial charge in [-0.2, -0.15) is 0 Å². The Hall–Kier alpha value is -0.603. The van der Waals surface area contributed by atoms with Crippen molar-refractivity contribution in [3.8, 4) is 0 Å². The first kappa shape index (κ1) is 9.48. The third kappa shape index (κ3) is 2.79. The molecule has 0 spiro atoms. The van der Waals surface area contributed by atoms with Crippen molar-refractivity contribution in [2.24, 2.45) is 0 Å². The van der Waals surface area contributed by atoms with Gasteiger partial charge in [0.15, 0.2) is 5.73 Å². The van der Waals surface area contributed by atoms with Crippen LogP contribution in [0.5, 0.6) is 0 Å². The molecule has 1 nitrogen and oxygen atoms in total. The molecular formula is C10H15OSi+. The van der Waals surface area contributed by atoms with Crippen LogP contribution in [-0.2, 0) is 6.04 Å². The van der Waals surface area contributed by atoms with Crippen LogP contribution in [0.3, 0.4) is 0 Å². The number of hydrogen-bond donors (Lipinski definition) is 1. The highest BCUT2D eigenvalue weighted by Gasteiger charge is 2.26. The van der Waals surface area contributed by atoms with Gasteiger partial charge in [-0.15, -0.1) is 0 Å². The Kier molecular flexibility index (Phi) is 3.50. The zero-order chi connectivity index (χ0) is 8.97. The second kappa shape index (κ2) is 4.43. The number of hydrogen-bond acceptors (Lipinski definition) is 1. The van der Waals surface area contributed by atoms with Gasteiger partial charge in [-0.3, -0.25) is 0 Å². The number of rotatable bonds is 3. The first-order valence-corrected chi connectivity index (χ1v) is 6.53. The molecule has 1 rings (SSSR count). The smallest absolute Gasteiger partial charge is 0.348 e. The zero-order valence-electron chi connectivity index (χ0n) is 7.62. The van der Waals surface area contributed by atoms with E-state index in [2.05, 4.69) is 18.7 Å². The Morgan fingerprint density at radius 2 is 1.92 bits per heavy atom. The van der Waals surface area contributed by atoms with Crippen LogP contribution in [0, 0.1) is 0 Å². The predicted molar refractivity (Wildman–Crippen MR) is 53.4 cm³/mol. The summed E-state index contributed by atoms with van der Waals surface area (Å²) in [6, 6.07) is 11.4. The summed E-state index contributed by atoms with van der Waals surface area (Å²) in [6.07, 6.45) is 0. The van der Waals surface area contributed by atoms with Gasteiger partial charge in [-0.25, -0.2) is 0 Å².